The van der Waals surface area contributed by atoms with Crippen LogP contribution in [0.25, 0.3) is 0 Å². The van der Waals surface area contributed by atoms with Gasteiger partial charge in [-0.15, -0.1) is 0 Å². The van der Waals surface area contributed by atoms with Gasteiger partial charge in [-0.25, -0.2) is 9.59 Å². The van der Waals surface area contributed by atoms with E-state index >= 15 is 0 Å². The minimum atomic E-state index is -0.287. The van der Waals surface area contributed by atoms with Gasteiger partial charge >= 0.3 is 12.1 Å². The summed E-state index contributed by atoms with van der Waals surface area (Å²) in [5, 5.41) is 5.77. The average molecular weight is 363 g/mol. The lowest BCUT2D eigenvalue weighted by Gasteiger charge is -2.32. The van der Waals surface area contributed by atoms with Gasteiger partial charge in [0.15, 0.2) is 17.6 Å². The SMILES string of the molecule is CCOC(=O)N1CCC(NC(=O)NCC2COc3ccccc3O2)CC1. The van der Waals surface area contributed by atoms with Crippen LogP contribution in [0, 0.1) is 0 Å². The van der Waals surface area contributed by atoms with Gasteiger partial charge in [0.2, 0.25) is 0 Å². The van der Waals surface area contributed by atoms with Crippen LogP contribution >= 0.6 is 0 Å². The fraction of sp³-hybridized carbons (Fsp3) is 0.556. The number of ether oxygens (including phenoxy) is 3. The minimum absolute atomic E-state index is 0.0462. The number of likely N-dealkylation sites (tertiary alicyclic amines) is 1. The number of fused-ring (bicyclic) bond motifs is 1. The Morgan fingerprint density at radius 2 is 1.96 bits per heavy atom. The van der Waals surface area contributed by atoms with Crippen molar-refractivity contribution < 1.29 is 23.8 Å². The van der Waals surface area contributed by atoms with E-state index in [2.05, 4.69) is 10.6 Å². The van der Waals surface area contributed by atoms with Gasteiger partial charge < -0.3 is 29.7 Å². The summed E-state index contributed by atoms with van der Waals surface area (Å²) in [5.41, 5.74) is 0. The summed E-state index contributed by atoms with van der Waals surface area (Å²) >= 11 is 0. The molecule has 1 unspecified atom stereocenters. The number of nitrogens with one attached hydrogen (secondary N) is 2. The van der Waals surface area contributed by atoms with Gasteiger partial charge in [0.1, 0.15) is 6.61 Å². The third-order valence-corrected chi connectivity index (χ3v) is 4.41. The van der Waals surface area contributed by atoms with Crippen LogP contribution in [0.1, 0.15) is 19.8 Å². The molecule has 1 aromatic carbocycles. The van der Waals surface area contributed by atoms with E-state index in [9.17, 15) is 9.59 Å². The first-order valence-corrected chi connectivity index (χ1v) is 9.00. The molecule has 26 heavy (non-hydrogen) atoms. The number of amides is 3. The number of carbonyl (C=O) groups is 2. The predicted molar refractivity (Wildman–Crippen MR) is 94.5 cm³/mol. The highest BCUT2D eigenvalue weighted by atomic mass is 16.6. The molecular weight excluding hydrogens is 338 g/mol. The van der Waals surface area contributed by atoms with E-state index in [1.165, 1.54) is 0 Å². The van der Waals surface area contributed by atoms with Crippen LogP contribution < -0.4 is 20.1 Å². The maximum Gasteiger partial charge on any atom is 0.409 e. The van der Waals surface area contributed by atoms with E-state index in [0.717, 1.165) is 5.75 Å². The van der Waals surface area contributed by atoms with E-state index < -0.39 is 0 Å². The second-order valence-electron chi connectivity index (χ2n) is 6.31. The van der Waals surface area contributed by atoms with Crippen molar-refractivity contribution in [2.24, 2.45) is 0 Å². The summed E-state index contributed by atoms with van der Waals surface area (Å²) in [6.07, 6.45) is 0.914. The molecule has 0 bridgehead atoms. The van der Waals surface area contributed by atoms with Gasteiger partial charge in [-0.2, -0.15) is 0 Å². The number of hydrogen-bond donors (Lipinski definition) is 2. The molecule has 2 aliphatic heterocycles. The van der Waals surface area contributed by atoms with E-state index in [4.69, 9.17) is 14.2 Å². The molecule has 1 aromatic rings. The molecule has 0 saturated carbocycles. The zero-order valence-corrected chi connectivity index (χ0v) is 14.9. The number of nitrogens with zero attached hydrogens (tertiary/aromatic N) is 1. The molecule has 8 heteroatoms. The number of para-hydroxylation sites is 2. The van der Waals surface area contributed by atoms with Crippen LogP contribution in [0.4, 0.5) is 9.59 Å². The number of hydrogen-bond acceptors (Lipinski definition) is 5. The first-order chi connectivity index (χ1) is 12.7. The van der Waals surface area contributed by atoms with Crippen molar-refractivity contribution in [3.8, 4) is 11.5 Å². The summed E-state index contributed by atoms with van der Waals surface area (Å²) in [6.45, 7) is 4.09. The molecule has 0 aliphatic carbocycles. The van der Waals surface area contributed by atoms with Crippen molar-refractivity contribution in [2.45, 2.75) is 31.9 Å². The topological polar surface area (TPSA) is 89.1 Å². The molecule has 8 nitrogen and oxygen atoms in total. The van der Waals surface area contributed by atoms with Gasteiger partial charge in [-0.3, -0.25) is 0 Å². The second-order valence-corrected chi connectivity index (χ2v) is 6.31. The highest BCUT2D eigenvalue weighted by Gasteiger charge is 2.25. The molecule has 3 rings (SSSR count). The number of rotatable bonds is 4. The Labute approximate surface area is 152 Å². The fourth-order valence-electron chi connectivity index (χ4n) is 3.03. The first kappa shape index (κ1) is 18.2. The number of carbonyl (C=O) groups excluding carboxylic acids is 2. The molecule has 2 aliphatic rings. The molecule has 0 spiro atoms. The molecule has 3 amide bonds. The first-order valence-electron chi connectivity index (χ1n) is 9.00. The van der Waals surface area contributed by atoms with Crippen molar-refractivity contribution in [1.29, 1.82) is 0 Å². The summed E-state index contributed by atoms with van der Waals surface area (Å²) in [4.78, 5) is 25.4. The molecule has 142 valence electrons. The smallest absolute Gasteiger partial charge is 0.409 e. The lowest BCUT2D eigenvalue weighted by molar-refractivity contribution is 0.0904. The van der Waals surface area contributed by atoms with Gasteiger partial charge in [0.25, 0.3) is 0 Å². The summed E-state index contributed by atoms with van der Waals surface area (Å²) < 4.78 is 16.4. The zero-order chi connectivity index (χ0) is 18.4. The van der Waals surface area contributed by atoms with Crippen LogP contribution in [-0.4, -0.2) is 62.0 Å². The van der Waals surface area contributed by atoms with E-state index in [-0.39, 0.29) is 24.3 Å². The molecule has 0 radical (unpaired) electrons. The summed E-state index contributed by atoms with van der Waals surface area (Å²) in [5.74, 6) is 1.42. The number of urea groups is 1. The van der Waals surface area contributed by atoms with Gasteiger partial charge in [-0.1, -0.05) is 12.1 Å². The number of piperidine rings is 1. The number of benzene rings is 1. The summed E-state index contributed by atoms with van der Waals surface area (Å²) in [6, 6.07) is 7.29. The highest BCUT2D eigenvalue weighted by molar-refractivity contribution is 5.74. The van der Waals surface area contributed by atoms with Crippen LogP contribution in [0.15, 0.2) is 24.3 Å². The van der Waals surface area contributed by atoms with Crippen molar-refractivity contribution in [2.75, 3.05) is 32.8 Å². The Morgan fingerprint density at radius 3 is 2.69 bits per heavy atom. The van der Waals surface area contributed by atoms with Gasteiger partial charge in [0.05, 0.1) is 13.2 Å². The van der Waals surface area contributed by atoms with E-state index in [1.807, 2.05) is 24.3 Å². The molecule has 1 saturated heterocycles. The van der Waals surface area contributed by atoms with E-state index in [0.29, 0.717) is 51.4 Å². The largest absolute Gasteiger partial charge is 0.486 e. The monoisotopic (exact) mass is 363 g/mol. The standard InChI is InChI=1S/C18H25N3O5/c1-2-24-18(23)21-9-7-13(8-10-21)20-17(22)19-11-14-12-25-15-5-3-4-6-16(15)26-14/h3-6,13-14H,2,7-12H2,1H3,(H2,19,20,22). The Hall–Kier alpha value is -2.64. The maximum absolute atomic E-state index is 12.1. The zero-order valence-electron chi connectivity index (χ0n) is 14.9. The molecule has 1 fully saturated rings. The normalized spacial score (nSPS) is 19.6. The van der Waals surface area contributed by atoms with Crippen molar-refractivity contribution in [3.63, 3.8) is 0 Å². The Morgan fingerprint density at radius 1 is 1.23 bits per heavy atom. The fourth-order valence-corrected chi connectivity index (χ4v) is 3.03. The van der Waals surface area contributed by atoms with Gasteiger partial charge in [0, 0.05) is 19.1 Å². The maximum atomic E-state index is 12.1. The van der Waals surface area contributed by atoms with Gasteiger partial charge in [-0.05, 0) is 31.9 Å². The third-order valence-electron chi connectivity index (χ3n) is 4.41. The molecule has 2 heterocycles. The van der Waals surface area contributed by atoms with Crippen molar-refractivity contribution in [1.82, 2.24) is 15.5 Å². The van der Waals surface area contributed by atoms with Crippen LogP contribution in [-0.2, 0) is 4.74 Å². The predicted octanol–water partition coefficient (Wildman–Crippen LogP) is 1.75. The minimum Gasteiger partial charge on any atom is -0.486 e. The Balaban J connectivity index is 1.36. The third kappa shape index (κ3) is 4.71. The molecule has 0 aromatic heterocycles. The molecular formula is C18H25N3O5. The average Bonchev–Trinajstić information content (AvgIpc) is 2.67. The van der Waals surface area contributed by atoms with Crippen LogP contribution in [0.3, 0.4) is 0 Å². The van der Waals surface area contributed by atoms with E-state index in [1.54, 1.807) is 11.8 Å². The molecule has 1 atom stereocenters. The van der Waals surface area contributed by atoms with Crippen LogP contribution in [0.5, 0.6) is 11.5 Å². The lowest BCUT2D eigenvalue weighted by Crippen LogP contribution is -2.51. The lowest BCUT2D eigenvalue weighted by atomic mass is 10.1. The molecule has 2 N–H and O–H groups in total. The Bertz CT molecular complexity index is 631. The Kier molecular flexibility index (Phi) is 6.04. The van der Waals surface area contributed by atoms with Crippen molar-refractivity contribution >= 4 is 12.1 Å². The summed E-state index contributed by atoms with van der Waals surface area (Å²) in [7, 11) is 0. The van der Waals surface area contributed by atoms with Crippen molar-refractivity contribution in [3.05, 3.63) is 24.3 Å². The quantitative estimate of drug-likeness (QED) is 0.851. The highest BCUT2D eigenvalue weighted by Crippen LogP contribution is 2.30. The van der Waals surface area contributed by atoms with Crippen LogP contribution in [0.2, 0.25) is 0 Å². The second kappa shape index (κ2) is 8.64.